The van der Waals surface area contributed by atoms with Gasteiger partial charge in [0.15, 0.2) is 5.78 Å². The lowest BCUT2D eigenvalue weighted by Gasteiger charge is -2.12. The lowest BCUT2D eigenvalue weighted by atomic mass is 9.92. The maximum absolute atomic E-state index is 12.2. The summed E-state index contributed by atoms with van der Waals surface area (Å²) in [4.78, 5) is 12.2. The molecule has 0 saturated carbocycles. The van der Waals surface area contributed by atoms with Gasteiger partial charge in [-0.15, -0.1) is 0 Å². The van der Waals surface area contributed by atoms with E-state index in [1.807, 2.05) is 0 Å². The number of halogens is 3. The van der Waals surface area contributed by atoms with Gasteiger partial charge >= 0.3 is 0 Å². The van der Waals surface area contributed by atoms with Gasteiger partial charge in [-0.2, -0.15) is 5.26 Å². The number of carbonyl (C=O) groups excluding carboxylic acids is 1. The molecule has 2 nitrogen and oxygen atoms in total. The smallest absolute Gasteiger partial charge is 0.164 e. The summed E-state index contributed by atoms with van der Waals surface area (Å²) in [6, 6.07) is 13.6. The van der Waals surface area contributed by atoms with E-state index >= 15 is 0 Å². The van der Waals surface area contributed by atoms with Crippen LogP contribution in [-0.4, -0.2) is 5.78 Å². The topological polar surface area (TPSA) is 40.9 Å². The number of ketones is 1. The Labute approximate surface area is 137 Å². The van der Waals surface area contributed by atoms with Crippen molar-refractivity contribution in [2.45, 2.75) is 12.3 Å². The van der Waals surface area contributed by atoms with Gasteiger partial charge in [-0.25, -0.2) is 0 Å². The highest BCUT2D eigenvalue weighted by molar-refractivity contribution is 6.36. The zero-order valence-corrected chi connectivity index (χ0v) is 13.1. The Morgan fingerprint density at radius 3 is 2.14 bits per heavy atom. The number of rotatable bonds is 4. The average Bonchev–Trinajstić information content (AvgIpc) is 2.46. The third kappa shape index (κ3) is 3.77. The Bertz CT molecular complexity index is 684. The molecule has 0 unspecified atom stereocenters. The summed E-state index contributed by atoms with van der Waals surface area (Å²) < 4.78 is 0. The third-order valence-corrected chi connectivity index (χ3v) is 3.97. The van der Waals surface area contributed by atoms with Crippen molar-refractivity contribution >= 4 is 40.6 Å². The fourth-order valence-corrected chi connectivity index (χ4v) is 2.78. The summed E-state index contributed by atoms with van der Waals surface area (Å²) in [6.07, 6.45) is 0.0155. The van der Waals surface area contributed by atoms with Crippen LogP contribution in [0.2, 0.25) is 15.1 Å². The number of carbonyl (C=O) groups is 1. The van der Waals surface area contributed by atoms with Gasteiger partial charge in [0.25, 0.3) is 0 Å². The molecule has 1 atom stereocenters. The molecule has 0 saturated heterocycles. The summed E-state index contributed by atoms with van der Waals surface area (Å²) in [6.45, 7) is 0. The molecular weight excluding hydrogens is 329 g/mol. The van der Waals surface area contributed by atoms with Gasteiger partial charge in [0.2, 0.25) is 0 Å². The summed E-state index contributed by atoms with van der Waals surface area (Å²) in [7, 11) is 0. The van der Waals surface area contributed by atoms with E-state index in [4.69, 9.17) is 34.8 Å². The molecule has 0 N–H and O–H groups in total. The van der Waals surface area contributed by atoms with E-state index in [2.05, 4.69) is 6.07 Å². The zero-order chi connectivity index (χ0) is 15.4. The fraction of sp³-hybridized carbons (Fsp3) is 0.125. The quantitative estimate of drug-likeness (QED) is 0.688. The van der Waals surface area contributed by atoms with Gasteiger partial charge in [-0.3, -0.25) is 4.79 Å². The van der Waals surface area contributed by atoms with Crippen molar-refractivity contribution in [1.82, 2.24) is 0 Å². The highest BCUT2D eigenvalue weighted by atomic mass is 35.5. The predicted octanol–water partition coefficient (Wildman–Crippen LogP) is 5.53. The maximum atomic E-state index is 12.2. The molecule has 2 aromatic carbocycles. The lowest BCUT2D eigenvalue weighted by molar-refractivity contribution is 0.0979. The van der Waals surface area contributed by atoms with Gasteiger partial charge in [-0.05, 0) is 36.4 Å². The summed E-state index contributed by atoms with van der Waals surface area (Å²) >= 11 is 18.0. The van der Waals surface area contributed by atoms with Crippen LogP contribution in [0, 0.1) is 11.3 Å². The van der Waals surface area contributed by atoms with Crippen LogP contribution in [0.4, 0.5) is 0 Å². The largest absolute Gasteiger partial charge is 0.294 e. The Morgan fingerprint density at radius 2 is 1.62 bits per heavy atom. The second kappa shape index (κ2) is 6.95. The number of nitriles is 1. The number of benzene rings is 2. The van der Waals surface area contributed by atoms with Gasteiger partial charge in [-0.1, -0.05) is 40.9 Å². The number of nitrogens with zero attached hydrogens (tertiary/aromatic N) is 1. The van der Waals surface area contributed by atoms with E-state index in [9.17, 15) is 10.1 Å². The lowest BCUT2D eigenvalue weighted by Crippen LogP contribution is -2.07. The molecule has 0 spiro atoms. The van der Waals surface area contributed by atoms with Crippen LogP contribution in [0.5, 0.6) is 0 Å². The first-order chi connectivity index (χ1) is 10.0. The molecule has 5 heteroatoms. The summed E-state index contributed by atoms with van der Waals surface area (Å²) in [5, 5.41) is 10.7. The van der Waals surface area contributed by atoms with Crippen LogP contribution in [0.3, 0.4) is 0 Å². The van der Waals surface area contributed by atoms with Crippen LogP contribution in [0.15, 0.2) is 42.5 Å². The molecular formula is C16H10Cl3NO. The highest BCUT2D eigenvalue weighted by Gasteiger charge is 2.21. The Balaban J connectivity index is 2.26. The minimum Gasteiger partial charge on any atom is -0.294 e. The number of Topliss-reactive ketones (excluding diaryl/α,β-unsaturated/α-hetero) is 1. The maximum Gasteiger partial charge on any atom is 0.164 e. The number of hydrogen-bond acceptors (Lipinski definition) is 2. The van der Waals surface area contributed by atoms with Crippen molar-refractivity contribution in [3.8, 4) is 6.07 Å². The minimum atomic E-state index is -0.686. The third-order valence-electron chi connectivity index (χ3n) is 3.06. The van der Waals surface area contributed by atoms with Gasteiger partial charge in [0.05, 0.1) is 12.0 Å². The second-order valence-electron chi connectivity index (χ2n) is 4.45. The molecule has 2 rings (SSSR count). The van der Waals surface area contributed by atoms with E-state index in [-0.39, 0.29) is 12.2 Å². The Kier molecular flexibility index (Phi) is 5.25. The normalized spacial score (nSPS) is 11.7. The highest BCUT2D eigenvalue weighted by Crippen LogP contribution is 2.33. The molecule has 2 aromatic rings. The fourth-order valence-electron chi connectivity index (χ4n) is 1.99. The second-order valence-corrected chi connectivity index (χ2v) is 5.70. The standard InChI is InChI=1S/C16H10Cl3NO/c17-12-6-4-10(5-7-12)15(21)8-11(9-20)16-13(18)2-1-3-14(16)19/h1-7,11H,8H2/t11-/m1/s1. The van der Waals surface area contributed by atoms with Gasteiger partial charge < -0.3 is 0 Å². The van der Waals surface area contributed by atoms with Crippen LogP contribution >= 0.6 is 34.8 Å². The predicted molar refractivity (Wildman–Crippen MR) is 85.2 cm³/mol. The van der Waals surface area contributed by atoms with Crippen molar-refractivity contribution < 1.29 is 4.79 Å². The molecule has 0 heterocycles. The average molecular weight is 339 g/mol. The van der Waals surface area contributed by atoms with E-state index in [1.165, 1.54) is 0 Å². The van der Waals surface area contributed by atoms with Crippen molar-refractivity contribution in [3.63, 3.8) is 0 Å². The molecule has 0 aliphatic rings. The summed E-state index contributed by atoms with van der Waals surface area (Å²) in [5.74, 6) is -0.844. The first-order valence-electron chi connectivity index (χ1n) is 6.15. The molecule has 0 radical (unpaired) electrons. The molecule has 0 aliphatic carbocycles. The molecule has 106 valence electrons. The van der Waals surface area contributed by atoms with Crippen molar-refractivity contribution in [3.05, 3.63) is 68.7 Å². The number of hydrogen-bond donors (Lipinski definition) is 0. The summed E-state index contributed by atoms with van der Waals surface area (Å²) in [5.41, 5.74) is 0.994. The Hall–Kier alpha value is -1.53. The van der Waals surface area contributed by atoms with Crippen molar-refractivity contribution in [2.75, 3.05) is 0 Å². The van der Waals surface area contributed by atoms with Gasteiger partial charge in [0.1, 0.15) is 0 Å². The Morgan fingerprint density at radius 1 is 1.05 bits per heavy atom. The molecule has 21 heavy (non-hydrogen) atoms. The van der Waals surface area contributed by atoms with E-state index < -0.39 is 5.92 Å². The van der Waals surface area contributed by atoms with E-state index in [0.29, 0.717) is 26.2 Å². The van der Waals surface area contributed by atoms with Gasteiger partial charge in [0, 0.05) is 32.6 Å². The SMILES string of the molecule is N#C[C@@H](CC(=O)c1ccc(Cl)cc1)c1c(Cl)cccc1Cl. The zero-order valence-electron chi connectivity index (χ0n) is 10.8. The van der Waals surface area contributed by atoms with Crippen LogP contribution < -0.4 is 0 Å². The molecule has 0 aromatic heterocycles. The molecule has 0 bridgehead atoms. The van der Waals surface area contributed by atoms with Crippen LogP contribution in [-0.2, 0) is 0 Å². The van der Waals surface area contributed by atoms with Crippen molar-refractivity contribution in [2.24, 2.45) is 0 Å². The molecule has 0 fully saturated rings. The van der Waals surface area contributed by atoms with E-state index in [1.54, 1.807) is 42.5 Å². The van der Waals surface area contributed by atoms with Crippen LogP contribution in [0.1, 0.15) is 28.3 Å². The van der Waals surface area contributed by atoms with Crippen LogP contribution in [0.25, 0.3) is 0 Å². The molecule has 0 amide bonds. The first-order valence-corrected chi connectivity index (χ1v) is 7.28. The van der Waals surface area contributed by atoms with Crippen molar-refractivity contribution in [1.29, 1.82) is 5.26 Å². The minimum absolute atomic E-state index is 0.0155. The van der Waals surface area contributed by atoms with E-state index in [0.717, 1.165) is 0 Å². The monoisotopic (exact) mass is 337 g/mol. The molecule has 0 aliphatic heterocycles. The first kappa shape index (κ1) is 15.9.